The van der Waals surface area contributed by atoms with Crippen LogP contribution in [0, 0.1) is 3.57 Å². The molecular formula is C23H30F3IO4S4. The Morgan fingerprint density at radius 3 is 2.14 bits per heavy atom. The molecule has 0 aliphatic rings. The van der Waals surface area contributed by atoms with Gasteiger partial charge in [-0.15, -0.1) is 23.1 Å². The highest BCUT2D eigenvalue weighted by Gasteiger charge is 2.48. The summed E-state index contributed by atoms with van der Waals surface area (Å²) in [6.45, 7) is 2.22. The zero-order valence-corrected chi connectivity index (χ0v) is 25.1. The summed E-state index contributed by atoms with van der Waals surface area (Å²) in [7, 11) is -5.77. The van der Waals surface area contributed by atoms with Gasteiger partial charge in [0.1, 0.15) is 0 Å². The van der Waals surface area contributed by atoms with Gasteiger partial charge in [0.05, 0.1) is 18.0 Å². The smallest absolute Gasteiger partial charge is 0.375 e. The van der Waals surface area contributed by atoms with Crippen molar-refractivity contribution in [2.75, 3.05) is 12.0 Å². The molecule has 1 aromatic heterocycles. The van der Waals surface area contributed by atoms with Crippen LogP contribution in [0.2, 0.25) is 0 Å². The van der Waals surface area contributed by atoms with E-state index >= 15 is 0 Å². The molecule has 2 rings (SSSR count). The van der Waals surface area contributed by atoms with E-state index in [1.165, 1.54) is 98.4 Å². The van der Waals surface area contributed by atoms with Crippen molar-refractivity contribution in [3.8, 4) is 5.75 Å². The van der Waals surface area contributed by atoms with Crippen LogP contribution in [0.4, 0.5) is 13.2 Å². The summed E-state index contributed by atoms with van der Waals surface area (Å²) in [5.41, 5.74) is -4.99. The predicted octanol–water partition coefficient (Wildman–Crippen LogP) is 9.25. The average Bonchev–Trinajstić information content (AvgIpc) is 3.18. The van der Waals surface area contributed by atoms with E-state index in [1.807, 2.05) is 6.26 Å². The fourth-order valence-corrected chi connectivity index (χ4v) is 7.98. The van der Waals surface area contributed by atoms with Crippen molar-refractivity contribution in [1.29, 1.82) is 0 Å². The molecule has 0 aliphatic heterocycles. The number of carbonyl (C=O) groups is 1. The lowest BCUT2D eigenvalue weighted by molar-refractivity contribution is -0.0500. The molecule has 1 aromatic carbocycles. The zero-order valence-electron chi connectivity index (χ0n) is 19.7. The molecular weight excluding hydrogens is 652 g/mol. The fourth-order valence-electron chi connectivity index (χ4n) is 3.48. The predicted molar refractivity (Wildman–Crippen MR) is 151 cm³/mol. The first kappa shape index (κ1) is 31.0. The minimum Gasteiger partial charge on any atom is -0.375 e. The number of hydrogen-bond donors (Lipinski definition) is 0. The van der Waals surface area contributed by atoms with Crippen LogP contribution in [0.5, 0.6) is 5.75 Å². The molecule has 12 heteroatoms. The van der Waals surface area contributed by atoms with E-state index in [4.69, 9.17) is 0 Å². The van der Waals surface area contributed by atoms with Gasteiger partial charge in [-0.3, -0.25) is 4.79 Å². The number of alkyl halides is 3. The van der Waals surface area contributed by atoms with E-state index in [-0.39, 0.29) is 8.69 Å². The quantitative estimate of drug-likeness (QED) is 0.0614. The molecule has 0 unspecified atom stereocenters. The van der Waals surface area contributed by atoms with Gasteiger partial charge in [0.15, 0.2) is 5.75 Å². The lowest BCUT2D eigenvalue weighted by Crippen LogP contribution is -2.28. The normalized spacial score (nSPS) is 12.4. The fraction of sp³-hybridized carbons (Fsp3) is 0.609. The first-order valence-corrected chi connectivity index (χ1v) is 17.0. The standard InChI is InChI=1S/C23H30F3IO4S4/c1-3-4-5-6-7-8-9-10-11-12-15-33-21(28)18-16-13-14-17(31-35(29,30)23(24,25)26)19(27)20(16)34-22(18)32-2/h13-14H,3-12,15H2,1-2H3. The third-order valence-corrected chi connectivity index (χ3v) is 11.0. The average molecular weight is 683 g/mol. The number of unbranched alkanes of at least 4 members (excludes halogenated alkanes) is 9. The molecule has 0 amide bonds. The van der Waals surface area contributed by atoms with Crippen molar-refractivity contribution in [2.45, 2.75) is 80.8 Å². The second kappa shape index (κ2) is 14.7. The molecule has 4 nitrogen and oxygen atoms in total. The highest BCUT2D eigenvalue weighted by molar-refractivity contribution is 14.1. The van der Waals surface area contributed by atoms with Gasteiger partial charge < -0.3 is 4.18 Å². The van der Waals surface area contributed by atoms with Crippen LogP contribution in [0.3, 0.4) is 0 Å². The van der Waals surface area contributed by atoms with Gasteiger partial charge in [0.25, 0.3) is 0 Å². The number of halogens is 4. The van der Waals surface area contributed by atoms with E-state index in [0.717, 1.165) is 17.1 Å². The van der Waals surface area contributed by atoms with Gasteiger partial charge in [-0.05, 0) is 47.4 Å². The summed E-state index contributed by atoms with van der Waals surface area (Å²) in [5, 5.41) is 0.519. The molecule has 198 valence electrons. The molecule has 1 heterocycles. The Morgan fingerprint density at radius 2 is 1.60 bits per heavy atom. The van der Waals surface area contributed by atoms with Crippen LogP contribution in [0.1, 0.15) is 81.5 Å². The van der Waals surface area contributed by atoms with Gasteiger partial charge in [-0.1, -0.05) is 76.5 Å². The van der Waals surface area contributed by atoms with Crippen LogP contribution >= 0.6 is 57.5 Å². The van der Waals surface area contributed by atoms with Crippen molar-refractivity contribution < 1.29 is 30.6 Å². The minimum absolute atomic E-state index is 0.0797. The molecule has 0 saturated carbocycles. The van der Waals surface area contributed by atoms with E-state index in [0.29, 0.717) is 21.4 Å². The number of carbonyl (C=O) groups excluding carboxylic acids is 1. The maximum atomic E-state index is 13.0. The van der Waals surface area contributed by atoms with E-state index in [9.17, 15) is 26.4 Å². The van der Waals surface area contributed by atoms with Crippen LogP contribution in [0.25, 0.3) is 10.1 Å². The Labute approximate surface area is 231 Å². The molecule has 0 saturated heterocycles. The monoisotopic (exact) mass is 682 g/mol. The highest BCUT2D eigenvalue weighted by Crippen LogP contribution is 2.44. The van der Waals surface area contributed by atoms with Crippen molar-refractivity contribution in [2.24, 2.45) is 0 Å². The highest BCUT2D eigenvalue weighted by atomic mass is 127. The number of thiophene rings is 1. The van der Waals surface area contributed by atoms with Crippen molar-refractivity contribution >= 4 is 82.8 Å². The minimum atomic E-state index is -5.77. The molecule has 0 fully saturated rings. The van der Waals surface area contributed by atoms with Crippen molar-refractivity contribution in [3.05, 3.63) is 21.3 Å². The summed E-state index contributed by atoms with van der Waals surface area (Å²) in [6, 6.07) is 2.64. The summed E-state index contributed by atoms with van der Waals surface area (Å²) in [5.74, 6) is 0.309. The molecule has 2 aromatic rings. The Bertz CT molecular complexity index is 1080. The molecule has 0 spiro atoms. The number of rotatable bonds is 15. The van der Waals surface area contributed by atoms with Gasteiger partial charge in [-0.2, -0.15) is 21.6 Å². The molecule has 0 N–H and O–H groups in total. The molecule has 0 aliphatic carbocycles. The van der Waals surface area contributed by atoms with Gasteiger partial charge in [0, 0.05) is 11.1 Å². The second-order valence-electron chi connectivity index (χ2n) is 8.02. The maximum Gasteiger partial charge on any atom is 0.534 e. The van der Waals surface area contributed by atoms with Crippen LogP contribution in [0.15, 0.2) is 16.3 Å². The Balaban J connectivity index is 1.96. The SMILES string of the molecule is CCCCCCCCCCCCSC(=O)c1c(SC)sc2c(I)c(OS(=O)(=O)C(F)(F)F)ccc12. The Morgan fingerprint density at radius 1 is 1.03 bits per heavy atom. The van der Waals surface area contributed by atoms with Crippen LogP contribution < -0.4 is 4.18 Å². The van der Waals surface area contributed by atoms with Gasteiger partial charge >= 0.3 is 15.6 Å². The van der Waals surface area contributed by atoms with Crippen LogP contribution in [-0.4, -0.2) is 31.1 Å². The Hall–Kier alpha value is -0.180. The number of thioether (sulfide) groups is 2. The largest absolute Gasteiger partial charge is 0.534 e. The number of hydrogen-bond acceptors (Lipinski definition) is 7. The second-order valence-corrected chi connectivity index (χ2v) is 13.8. The number of fused-ring (bicyclic) bond motifs is 1. The summed E-state index contributed by atoms with van der Waals surface area (Å²) < 4.78 is 66.9. The lowest BCUT2D eigenvalue weighted by atomic mass is 10.1. The molecule has 0 radical (unpaired) electrons. The maximum absolute atomic E-state index is 13.0. The Kier molecular flexibility index (Phi) is 13.0. The van der Waals surface area contributed by atoms with Gasteiger partial charge in [-0.25, -0.2) is 0 Å². The van der Waals surface area contributed by atoms with E-state index in [2.05, 4.69) is 11.1 Å². The summed E-state index contributed by atoms with van der Waals surface area (Å²) >= 11 is 5.65. The third kappa shape index (κ3) is 8.96. The third-order valence-electron chi connectivity index (χ3n) is 5.33. The van der Waals surface area contributed by atoms with Crippen molar-refractivity contribution in [3.63, 3.8) is 0 Å². The van der Waals surface area contributed by atoms with Crippen LogP contribution in [-0.2, 0) is 10.1 Å². The molecule has 0 atom stereocenters. The molecule has 35 heavy (non-hydrogen) atoms. The first-order valence-electron chi connectivity index (χ1n) is 11.5. The first-order chi connectivity index (χ1) is 16.5. The van der Waals surface area contributed by atoms with E-state index < -0.39 is 21.4 Å². The topological polar surface area (TPSA) is 60.4 Å². The van der Waals surface area contributed by atoms with E-state index in [1.54, 1.807) is 22.6 Å². The summed E-state index contributed by atoms with van der Waals surface area (Å²) in [6.07, 6.45) is 14.0. The lowest BCUT2D eigenvalue weighted by Gasteiger charge is -2.11. The molecule has 0 bridgehead atoms. The zero-order chi connectivity index (χ0) is 26.1. The van der Waals surface area contributed by atoms with Crippen molar-refractivity contribution in [1.82, 2.24) is 0 Å². The van der Waals surface area contributed by atoms with Gasteiger partial charge in [0.2, 0.25) is 5.12 Å². The number of benzene rings is 1. The summed E-state index contributed by atoms with van der Waals surface area (Å²) in [4.78, 5) is 13.0.